The molecule has 0 bridgehead atoms. The molecule has 1 atom stereocenters. The minimum atomic E-state index is -0.131. The smallest absolute Gasteiger partial charge is 0.257 e. The highest BCUT2D eigenvalue weighted by atomic mass is 16.3. The Morgan fingerprint density at radius 1 is 1.27 bits per heavy atom. The summed E-state index contributed by atoms with van der Waals surface area (Å²) in [5.41, 5.74) is 0.632. The second kappa shape index (κ2) is 6.12. The van der Waals surface area contributed by atoms with Crippen molar-refractivity contribution in [1.82, 2.24) is 15.1 Å². The highest BCUT2D eigenvalue weighted by molar-refractivity contribution is 5.95. The second-order valence-corrected chi connectivity index (χ2v) is 6.18. The largest absolute Gasteiger partial charge is 0.469 e. The molecular weight excluding hydrogens is 282 g/mol. The molecule has 2 amide bonds. The molecule has 0 aromatic carbocycles. The van der Waals surface area contributed by atoms with E-state index in [1.165, 1.54) is 0 Å². The molecule has 2 heterocycles. The summed E-state index contributed by atoms with van der Waals surface area (Å²) in [4.78, 5) is 28.5. The van der Waals surface area contributed by atoms with E-state index in [2.05, 4.69) is 10.2 Å². The van der Waals surface area contributed by atoms with Crippen LogP contribution in [-0.4, -0.2) is 59.9 Å². The summed E-state index contributed by atoms with van der Waals surface area (Å²) in [6.45, 7) is 6.47. The first-order chi connectivity index (χ1) is 10.6. The first kappa shape index (κ1) is 15.1. The average molecular weight is 305 g/mol. The van der Waals surface area contributed by atoms with Crippen LogP contribution in [0.15, 0.2) is 16.7 Å². The van der Waals surface area contributed by atoms with Crippen LogP contribution in [0.4, 0.5) is 0 Å². The third-order valence-electron chi connectivity index (χ3n) is 4.54. The maximum Gasteiger partial charge on any atom is 0.257 e. The number of carbonyl (C=O) groups is 2. The molecule has 6 heteroatoms. The number of hydrogen-bond acceptors (Lipinski definition) is 4. The van der Waals surface area contributed by atoms with Crippen molar-refractivity contribution >= 4 is 11.8 Å². The Morgan fingerprint density at radius 3 is 2.50 bits per heavy atom. The van der Waals surface area contributed by atoms with Gasteiger partial charge in [-0.1, -0.05) is 0 Å². The highest BCUT2D eigenvalue weighted by Gasteiger charge is 2.31. The summed E-state index contributed by atoms with van der Waals surface area (Å²) in [5, 5.41) is 3.04. The predicted molar refractivity (Wildman–Crippen MR) is 81.5 cm³/mol. The molecule has 0 spiro atoms. The minimum Gasteiger partial charge on any atom is -0.469 e. The van der Waals surface area contributed by atoms with Gasteiger partial charge in [0, 0.05) is 32.2 Å². The summed E-state index contributed by atoms with van der Waals surface area (Å²) in [7, 11) is 0. The lowest BCUT2D eigenvalue weighted by Gasteiger charge is -2.37. The van der Waals surface area contributed by atoms with Gasteiger partial charge in [-0.15, -0.1) is 0 Å². The normalized spacial score (nSPS) is 20.7. The number of aryl methyl sites for hydroxylation is 1. The molecule has 1 saturated carbocycles. The number of hydrogen-bond donors (Lipinski definition) is 1. The predicted octanol–water partition coefficient (Wildman–Crippen LogP) is 1.01. The number of rotatable bonds is 4. The van der Waals surface area contributed by atoms with Gasteiger partial charge in [-0.2, -0.15) is 0 Å². The van der Waals surface area contributed by atoms with Gasteiger partial charge in [0.25, 0.3) is 5.91 Å². The van der Waals surface area contributed by atoms with Crippen LogP contribution in [0, 0.1) is 6.92 Å². The van der Waals surface area contributed by atoms with Crippen LogP contribution in [0.2, 0.25) is 0 Å². The fourth-order valence-corrected chi connectivity index (χ4v) is 2.80. The fraction of sp³-hybridized carbons (Fsp3) is 0.625. The van der Waals surface area contributed by atoms with E-state index in [1.54, 1.807) is 19.3 Å². The lowest BCUT2D eigenvalue weighted by atomic mass is 10.1. The molecule has 120 valence electrons. The van der Waals surface area contributed by atoms with E-state index >= 15 is 0 Å². The van der Waals surface area contributed by atoms with Crippen molar-refractivity contribution in [2.24, 2.45) is 0 Å². The zero-order valence-corrected chi connectivity index (χ0v) is 13.2. The zero-order valence-electron chi connectivity index (χ0n) is 13.2. The molecule has 1 aromatic rings. The van der Waals surface area contributed by atoms with E-state index in [1.807, 2.05) is 11.8 Å². The van der Waals surface area contributed by atoms with Crippen LogP contribution in [0.5, 0.6) is 0 Å². The Labute approximate surface area is 130 Å². The van der Waals surface area contributed by atoms with E-state index in [0.717, 1.165) is 25.9 Å². The number of piperazine rings is 1. The Morgan fingerprint density at radius 2 is 1.95 bits per heavy atom. The summed E-state index contributed by atoms with van der Waals surface area (Å²) in [5.74, 6) is 0.776. The Balaban J connectivity index is 1.52. The lowest BCUT2D eigenvalue weighted by molar-refractivity contribution is -0.126. The molecule has 1 saturated heterocycles. The summed E-state index contributed by atoms with van der Waals surface area (Å²) in [6.07, 6.45) is 3.75. The molecule has 1 N–H and O–H groups in total. The molecule has 1 aromatic heterocycles. The fourth-order valence-electron chi connectivity index (χ4n) is 2.80. The average Bonchev–Trinajstić information content (AvgIpc) is 3.24. The van der Waals surface area contributed by atoms with Gasteiger partial charge < -0.3 is 14.6 Å². The van der Waals surface area contributed by atoms with Crippen LogP contribution >= 0.6 is 0 Å². The third-order valence-corrected chi connectivity index (χ3v) is 4.54. The second-order valence-electron chi connectivity index (χ2n) is 6.18. The van der Waals surface area contributed by atoms with Crippen LogP contribution < -0.4 is 5.32 Å². The van der Waals surface area contributed by atoms with Crippen molar-refractivity contribution in [1.29, 1.82) is 0 Å². The van der Waals surface area contributed by atoms with E-state index < -0.39 is 0 Å². The van der Waals surface area contributed by atoms with Crippen molar-refractivity contribution in [3.63, 3.8) is 0 Å². The van der Waals surface area contributed by atoms with Crippen LogP contribution in [0.1, 0.15) is 35.9 Å². The van der Waals surface area contributed by atoms with Crippen molar-refractivity contribution < 1.29 is 14.0 Å². The first-order valence-corrected chi connectivity index (χ1v) is 7.94. The molecule has 22 heavy (non-hydrogen) atoms. The lowest BCUT2D eigenvalue weighted by Crippen LogP contribution is -2.55. The van der Waals surface area contributed by atoms with Gasteiger partial charge in [0.2, 0.25) is 5.91 Å². The number of carbonyl (C=O) groups excluding carboxylic acids is 2. The van der Waals surface area contributed by atoms with Crippen LogP contribution in [0.25, 0.3) is 0 Å². The van der Waals surface area contributed by atoms with Gasteiger partial charge in [0.1, 0.15) is 5.76 Å². The Kier molecular flexibility index (Phi) is 4.20. The number of amides is 2. The quantitative estimate of drug-likeness (QED) is 0.902. The van der Waals surface area contributed by atoms with Crippen molar-refractivity contribution in [3.05, 3.63) is 23.7 Å². The van der Waals surface area contributed by atoms with E-state index in [-0.39, 0.29) is 17.9 Å². The van der Waals surface area contributed by atoms with Crippen LogP contribution in [-0.2, 0) is 4.79 Å². The first-order valence-electron chi connectivity index (χ1n) is 7.94. The maximum absolute atomic E-state index is 12.4. The van der Waals surface area contributed by atoms with Gasteiger partial charge in [-0.25, -0.2) is 0 Å². The summed E-state index contributed by atoms with van der Waals surface area (Å²) >= 11 is 0. The maximum atomic E-state index is 12.4. The molecule has 1 aliphatic heterocycles. The topological polar surface area (TPSA) is 65.8 Å². The highest BCUT2D eigenvalue weighted by Crippen LogP contribution is 2.19. The number of furan rings is 1. The molecule has 0 radical (unpaired) electrons. The van der Waals surface area contributed by atoms with Crippen molar-refractivity contribution in [2.45, 2.75) is 38.8 Å². The van der Waals surface area contributed by atoms with Crippen LogP contribution in [0.3, 0.4) is 0 Å². The Bertz CT molecular complexity index is 557. The molecular formula is C16H23N3O3. The molecule has 3 rings (SSSR count). The molecule has 2 fully saturated rings. The summed E-state index contributed by atoms with van der Waals surface area (Å²) < 4.78 is 5.20. The molecule has 1 aliphatic carbocycles. The van der Waals surface area contributed by atoms with E-state index in [0.29, 0.717) is 30.5 Å². The number of nitrogens with zero attached hydrogens (tertiary/aromatic N) is 2. The molecule has 2 aliphatic rings. The van der Waals surface area contributed by atoms with Gasteiger partial charge >= 0.3 is 0 Å². The van der Waals surface area contributed by atoms with E-state index in [4.69, 9.17) is 4.42 Å². The monoisotopic (exact) mass is 305 g/mol. The van der Waals surface area contributed by atoms with E-state index in [9.17, 15) is 9.59 Å². The van der Waals surface area contributed by atoms with Crippen molar-refractivity contribution in [3.8, 4) is 0 Å². The van der Waals surface area contributed by atoms with Gasteiger partial charge in [0.15, 0.2) is 0 Å². The van der Waals surface area contributed by atoms with Gasteiger partial charge in [-0.05, 0) is 32.8 Å². The standard InChI is InChI=1S/C16H23N3O3/c1-11(15(20)17-13-3-4-13)18-6-8-19(9-7-18)16(21)14-5-10-22-12(14)2/h5,10-11,13H,3-4,6-9H2,1-2H3,(H,17,20). The molecule has 1 unspecified atom stereocenters. The Hall–Kier alpha value is -1.82. The SMILES string of the molecule is Cc1occc1C(=O)N1CCN(C(C)C(=O)NC2CC2)CC1. The third kappa shape index (κ3) is 3.16. The van der Waals surface area contributed by atoms with Gasteiger partial charge in [0.05, 0.1) is 17.9 Å². The van der Waals surface area contributed by atoms with Crippen molar-refractivity contribution in [2.75, 3.05) is 26.2 Å². The molecule has 6 nitrogen and oxygen atoms in total. The zero-order chi connectivity index (χ0) is 15.7. The minimum absolute atomic E-state index is 0.0148. The number of nitrogens with one attached hydrogen (secondary N) is 1. The van der Waals surface area contributed by atoms with Gasteiger partial charge in [-0.3, -0.25) is 14.5 Å². The summed E-state index contributed by atoms with van der Waals surface area (Å²) in [6, 6.07) is 1.98.